The summed E-state index contributed by atoms with van der Waals surface area (Å²) in [6, 6.07) is 0. The summed E-state index contributed by atoms with van der Waals surface area (Å²) >= 11 is 0. The van der Waals surface area contributed by atoms with Crippen molar-refractivity contribution in [2.75, 3.05) is 26.4 Å². The van der Waals surface area contributed by atoms with Crippen LogP contribution in [0.3, 0.4) is 0 Å². The van der Waals surface area contributed by atoms with Crippen LogP contribution in [0.25, 0.3) is 0 Å². The SMILES string of the molecule is O=C(O)CCCO[P+](=O)[O-].O=C(O)CCCO[P+](=O)[O-].O=C(O)CCCO[P+](=O)[O-].O=C(O)CCCO[P+](=O)[O-].[Zr+4]. The molecule has 0 aliphatic carbocycles. The van der Waals surface area contributed by atoms with Gasteiger partial charge in [-0.3, -0.25) is 19.2 Å². The van der Waals surface area contributed by atoms with Gasteiger partial charge in [0.2, 0.25) is 0 Å². The molecule has 20 nitrogen and oxygen atoms in total. The minimum absolute atomic E-state index is 0. The summed E-state index contributed by atoms with van der Waals surface area (Å²) in [5, 5.41) is 32.3. The average Bonchev–Trinajstić information content (AvgIpc) is 2.80. The number of rotatable bonds is 20. The van der Waals surface area contributed by atoms with Crippen LogP contribution in [0.4, 0.5) is 0 Å². The van der Waals surface area contributed by atoms with Crippen molar-refractivity contribution in [1.82, 2.24) is 0 Å². The Balaban J connectivity index is -0.000000139. The molecule has 0 amide bonds. The fourth-order valence-electron chi connectivity index (χ4n) is 1.45. The first-order chi connectivity index (χ1) is 18.5. The van der Waals surface area contributed by atoms with Crippen LogP contribution >= 0.6 is 33.0 Å². The Hall–Kier alpha value is -1.16. The third kappa shape index (κ3) is 73.2. The topological polar surface area (TPSA) is 347 Å². The van der Waals surface area contributed by atoms with Gasteiger partial charge in [-0.25, -0.2) is 0 Å². The van der Waals surface area contributed by atoms with Gasteiger partial charge in [-0.15, -0.1) is 18.1 Å². The monoisotopic (exact) mass is 754 g/mol. The Bertz CT molecular complexity index is 605. The molecule has 0 saturated carbocycles. The van der Waals surface area contributed by atoms with E-state index in [1.54, 1.807) is 0 Å². The van der Waals surface area contributed by atoms with Crippen molar-refractivity contribution in [2.24, 2.45) is 0 Å². The minimum atomic E-state index is -2.82. The zero-order chi connectivity index (χ0) is 31.9. The van der Waals surface area contributed by atoms with Gasteiger partial charge in [0.15, 0.2) is 0 Å². The van der Waals surface area contributed by atoms with E-state index in [0.29, 0.717) is 0 Å². The van der Waals surface area contributed by atoms with E-state index in [1.165, 1.54) is 0 Å². The minimum Gasteiger partial charge on any atom is -0.566 e. The molecule has 0 rings (SSSR count). The number of aliphatic carboxylic acids is 4. The first-order valence-electron chi connectivity index (χ1n) is 10.5. The molecule has 0 radical (unpaired) electrons. The number of hydrogen-bond donors (Lipinski definition) is 4. The fraction of sp³-hybridized carbons (Fsp3) is 0.750. The smallest absolute Gasteiger partial charge is 0.566 e. The van der Waals surface area contributed by atoms with Crippen LogP contribution in [-0.4, -0.2) is 70.7 Å². The Kier molecular flexibility index (Phi) is 44.5. The zero-order valence-electron chi connectivity index (χ0n) is 21.1. The molecule has 0 aromatic heterocycles. The van der Waals surface area contributed by atoms with E-state index in [2.05, 4.69) is 18.1 Å². The van der Waals surface area contributed by atoms with Crippen molar-refractivity contribution >= 4 is 56.9 Å². The summed E-state index contributed by atoms with van der Waals surface area (Å²) in [4.78, 5) is 78.2. The molecule has 4 atom stereocenters. The van der Waals surface area contributed by atoms with E-state index in [0.717, 1.165) is 0 Å². The molecule has 0 bridgehead atoms. The molecule has 0 aliphatic rings. The maximum Gasteiger partial charge on any atom is 4.00 e. The first kappa shape index (κ1) is 49.5. The summed E-state index contributed by atoms with van der Waals surface area (Å²) in [5.41, 5.74) is 0. The largest absolute Gasteiger partial charge is 4.00 e. The third-order valence-corrected chi connectivity index (χ3v) is 4.50. The molecule has 4 unspecified atom stereocenters. The predicted octanol–water partition coefficient (Wildman–Crippen LogP) is -0.460. The van der Waals surface area contributed by atoms with Crippen molar-refractivity contribution < 1.29 is 122 Å². The molecule has 0 fully saturated rings. The predicted molar refractivity (Wildman–Crippen MR) is 122 cm³/mol. The molecule has 0 aromatic carbocycles. The number of carboxylic acids is 4. The van der Waals surface area contributed by atoms with Gasteiger partial charge in [0.25, 0.3) is 0 Å². The summed E-state index contributed by atoms with van der Waals surface area (Å²) in [7, 11) is -11.3. The molecule has 0 aromatic rings. The fourth-order valence-corrected chi connectivity index (χ4v) is 2.56. The quantitative estimate of drug-likeness (QED) is 0.0901. The molecule has 0 aliphatic heterocycles. The second kappa shape index (κ2) is 36.9. The van der Waals surface area contributed by atoms with Gasteiger partial charge in [-0.1, -0.05) is 0 Å². The second-order valence-corrected chi connectivity index (χ2v) is 9.04. The van der Waals surface area contributed by atoms with Crippen molar-refractivity contribution in [3.63, 3.8) is 0 Å². The summed E-state index contributed by atoms with van der Waals surface area (Å²) in [5.74, 6) is -3.82. The van der Waals surface area contributed by atoms with Crippen molar-refractivity contribution in [3.05, 3.63) is 0 Å². The van der Waals surface area contributed by atoms with E-state index in [9.17, 15) is 57.0 Å². The van der Waals surface area contributed by atoms with Gasteiger partial charge in [-0.2, -0.15) is 0 Å². The first-order valence-corrected chi connectivity index (χ1v) is 14.9. The van der Waals surface area contributed by atoms with E-state index in [4.69, 9.17) is 20.4 Å². The standard InChI is InChI=1S/4C4H7O5P.Zr/c4*5-4(6)2-1-3-9-10(7)8;/h4*1-3H2,(H,5,6);/q;;;;+4. The molecule has 4 N–H and O–H groups in total. The molecule has 25 heteroatoms. The summed E-state index contributed by atoms with van der Waals surface area (Å²) in [6.07, 6.45) is 0.618. The van der Waals surface area contributed by atoms with Gasteiger partial charge in [0.05, 0.1) is 0 Å². The van der Waals surface area contributed by atoms with E-state index >= 15 is 0 Å². The van der Waals surface area contributed by atoms with E-state index in [1.807, 2.05) is 0 Å². The van der Waals surface area contributed by atoms with Crippen molar-refractivity contribution in [2.45, 2.75) is 51.4 Å². The summed E-state index contributed by atoms with van der Waals surface area (Å²) < 4.78 is 55.2. The van der Waals surface area contributed by atoms with Gasteiger partial charge in [-0.05, 0) is 43.9 Å². The van der Waals surface area contributed by atoms with Crippen LogP contribution in [0.5, 0.6) is 0 Å². The Morgan fingerprint density at radius 1 is 0.439 bits per heavy atom. The molecule has 41 heavy (non-hydrogen) atoms. The molecule has 232 valence electrons. The third-order valence-electron chi connectivity index (χ3n) is 2.93. The van der Waals surface area contributed by atoms with Gasteiger partial charge in [0.1, 0.15) is 26.4 Å². The maximum absolute atomic E-state index is 9.84. The number of carboxylic acid groups (broad SMARTS) is 4. The van der Waals surface area contributed by atoms with Crippen molar-refractivity contribution in [1.29, 1.82) is 0 Å². The zero-order valence-corrected chi connectivity index (χ0v) is 27.1. The average molecular weight is 756 g/mol. The number of hydrogen-bond acceptors (Lipinski definition) is 16. The van der Waals surface area contributed by atoms with Crippen LogP contribution in [0.2, 0.25) is 0 Å². The van der Waals surface area contributed by atoms with Gasteiger partial charge >= 0.3 is 83.1 Å². The van der Waals surface area contributed by atoms with Gasteiger partial charge < -0.3 is 40.0 Å². The number of carbonyl (C=O) groups is 4. The normalized spacial score (nSPS) is 10.8. The molecular formula is C16H28O20P4Zr+4. The van der Waals surface area contributed by atoms with Crippen molar-refractivity contribution in [3.8, 4) is 0 Å². The van der Waals surface area contributed by atoms with Crippen LogP contribution in [0.15, 0.2) is 0 Å². The van der Waals surface area contributed by atoms with Crippen LogP contribution in [0, 0.1) is 0 Å². The van der Waals surface area contributed by atoms with Gasteiger partial charge in [0, 0.05) is 25.7 Å². The maximum atomic E-state index is 9.84. The Morgan fingerprint density at radius 3 is 0.683 bits per heavy atom. The summed E-state index contributed by atoms with van der Waals surface area (Å²) in [6.45, 7) is -0.202. The van der Waals surface area contributed by atoms with Crippen LogP contribution in [-0.2, 0) is 81.7 Å². The van der Waals surface area contributed by atoms with E-state index in [-0.39, 0.29) is 104 Å². The van der Waals surface area contributed by atoms with Crippen LogP contribution in [0.1, 0.15) is 51.4 Å². The molecular weight excluding hydrogens is 727 g/mol. The van der Waals surface area contributed by atoms with Crippen LogP contribution < -0.4 is 19.6 Å². The second-order valence-electron chi connectivity index (χ2n) is 6.22. The van der Waals surface area contributed by atoms with E-state index < -0.39 is 56.9 Å². The Labute approximate surface area is 255 Å². The molecule has 0 saturated heterocycles. The molecule has 0 spiro atoms. The molecule has 0 heterocycles. The Morgan fingerprint density at radius 2 is 0.585 bits per heavy atom.